The number of fused-ring (bicyclic) bond motifs is 2. The number of hydrogen-bond donors (Lipinski definition) is 0. The predicted molar refractivity (Wildman–Crippen MR) is 84.2 cm³/mol. The first-order valence-corrected chi connectivity index (χ1v) is 7.42. The van der Waals surface area contributed by atoms with Crippen LogP contribution in [0.15, 0.2) is 24.3 Å². The quantitative estimate of drug-likeness (QED) is 0.726. The zero-order valence-corrected chi connectivity index (χ0v) is 12.9. The molecule has 0 bridgehead atoms. The molecule has 22 heavy (non-hydrogen) atoms. The van der Waals surface area contributed by atoms with Gasteiger partial charge in [0.2, 0.25) is 6.79 Å². The van der Waals surface area contributed by atoms with E-state index in [1.54, 1.807) is 0 Å². The Morgan fingerprint density at radius 2 is 1.95 bits per heavy atom. The molecule has 0 saturated carbocycles. The van der Waals surface area contributed by atoms with Crippen molar-refractivity contribution < 1.29 is 9.47 Å². The summed E-state index contributed by atoms with van der Waals surface area (Å²) >= 11 is 0. The fraction of sp³-hybridized carbons (Fsp3) is 0.294. The summed E-state index contributed by atoms with van der Waals surface area (Å²) in [5.74, 6) is 1.56. The molecular weight excluding hydrogens is 278 g/mol. The normalized spacial score (nSPS) is 13.0. The van der Waals surface area contributed by atoms with Crippen LogP contribution in [0.25, 0.3) is 22.3 Å². The summed E-state index contributed by atoms with van der Waals surface area (Å²) in [6.45, 7) is 7.42. The van der Waals surface area contributed by atoms with Gasteiger partial charge in [-0.25, -0.2) is 4.98 Å². The summed E-state index contributed by atoms with van der Waals surface area (Å²) < 4.78 is 12.8. The van der Waals surface area contributed by atoms with Gasteiger partial charge >= 0.3 is 0 Å². The van der Waals surface area contributed by atoms with Crippen molar-refractivity contribution in [1.82, 2.24) is 14.8 Å². The number of rotatable bonds is 2. The van der Waals surface area contributed by atoms with Gasteiger partial charge in [-0.1, -0.05) is 0 Å². The Bertz CT molecular complexity index is 883. The molecule has 3 aromatic rings. The van der Waals surface area contributed by atoms with E-state index in [1.165, 1.54) is 11.3 Å². The number of ether oxygens (including phenoxy) is 2. The smallest absolute Gasteiger partial charge is 0.231 e. The Hall–Kier alpha value is -2.56. The summed E-state index contributed by atoms with van der Waals surface area (Å²) in [6, 6.07) is 8.01. The van der Waals surface area contributed by atoms with E-state index in [0.717, 1.165) is 40.3 Å². The Morgan fingerprint density at radius 3 is 2.77 bits per heavy atom. The van der Waals surface area contributed by atoms with Gasteiger partial charge in [-0.05, 0) is 50.6 Å². The number of aryl methyl sites for hydroxylation is 3. The molecule has 2 aromatic heterocycles. The molecule has 4 rings (SSSR count). The van der Waals surface area contributed by atoms with E-state index in [2.05, 4.69) is 31.9 Å². The molecule has 0 radical (unpaired) electrons. The van der Waals surface area contributed by atoms with Crippen molar-refractivity contribution in [3.05, 3.63) is 35.5 Å². The monoisotopic (exact) mass is 295 g/mol. The average molecular weight is 295 g/mol. The molecule has 0 N–H and O–H groups in total. The van der Waals surface area contributed by atoms with Crippen LogP contribution < -0.4 is 9.47 Å². The van der Waals surface area contributed by atoms with Gasteiger partial charge in [0, 0.05) is 23.2 Å². The Labute approximate surface area is 128 Å². The molecule has 1 aliphatic heterocycles. The van der Waals surface area contributed by atoms with E-state index in [-0.39, 0.29) is 6.79 Å². The van der Waals surface area contributed by atoms with Crippen LogP contribution in [0.3, 0.4) is 0 Å². The first-order chi connectivity index (χ1) is 10.7. The number of nitrogens with zero attached hydrogens (tertiary/aromatic N) is 3. The lowest BCUT2D eigenvalue weighted by molar-refractivity contribution is 0.174. The third-order valence-electron chi connectivity index (χ3n) is 4.13. The number of benzene rings is 1. The standard InChI is InChI=1S/C17H17N3O2/c1-4-20-11(3)16-10(2)7-13(18-17(16)19-20)12-5-6-14-15(8-12)22-9-21-14/h5-8H,4,9H2,1-3H3. The van der Waals surface area contributed by atoms with Gasteiger partial charge in [-0.3, -0.25) is 4.68 Å². The first kappa shape index (κ1) is 13.1. The highest BCUT2D eigenvalue weighted by molar-refractivity contribution is 5.84. The Morgan fingerprint density at radius 1 is 1.14 bits per heavy atom. The van der Waals surface area contributed by atoms with Gasteiger partial charge in [-0.15, -0.1) is 0 Å². The van der Waals surface area contributed by atoms with Crippen LogP contribution in [0, 0.1) is 13.8 Å². The van der Waals surface area contributed by atoms with E-state index in [1.807, 2.05) is 22.9 Å². The fourth-order valence-electron chi connectivity index (χ4n) is 3.01. The highest BCUT2D eigenvalue weighted by Gasteiger charge is 2.16. The molecule has 3 heterocycles. The molecule has 0 amide bonds. The summed E-state index contributed by atoms with van der Waals surface area (Å²) in [5.41, 5.74) is 5.07. The molecule has 0 saturated heterocycles. The van der Waals surface area contributed by atoms with Crippen molar-refractivity contribution in [3.8, 4) is 22.8 Å². The fourth-order valence-corrected chi connectivity index (χ4v) is 3.01. The van der Waals surface area contributed by atoms with Crippen LogP contribution in [-0.4, -0.2) is 21.6 Å². The van der Waals surface area contributed by atoms with Crippen LogP contribution in [0.4, 0.5) is 0 Å². The minimum Gasteiger partial charge on any atom is -0.454 e. The van der Waals surface area contributed by atoms with Gasteiger partial charge < -0.3 is 9.47 Å². The average Bonchev–Trinajstić information content (AvgIpc) is 3.10. The maximum absolute atomic E-state index is 5.45. The number of hydrogen-bond acceptors (Lipinski definition) is 4. The van der Waals surface area contributed by atoms with Crippen molar-refractivity contribution in [3.63, 3.8) is 0 Å². The van der Waals surface area contributed by atoms with E-state index in [9.17, 15) is 0 Å². The van der Waals surface area contributed by atoms with E-state index in [4.69, 9.17) is 14.5 Å². The molecule has 1 aliphatic rings. The lowest BCUT2D eigenvalue weighted by atomic mass is 10.1. The lowest BCUT2D eigenvalue weighted by Crippen LogP contribution is -1.98. The summed E-state index contributed by atoms with van der Waals surface area (Å²) in [7, 11) is 0. The van der Waals surface area contributed by atoms with Crippen molar-refractivity contribution in [2.75, 3.05) is 6.79 Å². The molecule has 0 atom stereocenters. The van der Waals surface area contributed by atoms with Gasteiger partial charge in [0.05, 0.1) is 5.69 Å². The first-order valence-electron chi connectivity index (χ1n) is 7.42. The predicted octanol–water partition coefficient (Wildman–Crippen LogP) is 3.46. The number of pyridine rings is 1. The summed E-state index contributed by atoms with van der Waals surface area (Å²) in [4.78, 5) is 4.73. The van der Waals surface area contributed by atoms with E-state index >= 15 is 0 Å². The third-order valence-corrected chi connectivity index (χ3v) is 4.13. The largest absolute Gasteiger partial charge is 0.454 e. The van der Waals surface area contributed by atoms with Crippen LogP contribution in [0.5, 0.6) is 11.5 Å². The molecular formula is C17H17N3O2. The van der Waals surface area contributed by atoms with Gasteiger partial charge in [0.15, 0.2) is 17.1 Å². The molecule has 0 fully saturated rings. The topological polar surface area (TPSA) is 49.2 Å². The van der Waals surface area contributed by atoms with Gasteiger partial charge in [-0.2, -0.15) is 5.10 Å². The highest BCUT2D eigenvalue weighted by Crippen LogP contribution is 2.36. The Kier molecular flexibility index (Phi) is 2.82. The molecule has 0 unspecified atom stereocenters. The van der Waals surface area contributed by atoms with Crippen LogP contribution in [0.2, 0.25) is 0 Å². The van der Waals surface area contributed by atoms with Gasteiger partial charge in [0.25, 0.3) is 0 Å². The molecule has 112 valence electrons. The second-order valence-corrected chi connectivity index (χ2v) is 5.49. The van der Waals surface area contributed by atoms with Crippen LogP contribution >= 0.6 is 0 Å². The van der Waals surface area contributed by atoms with E-state index < -0.39 is 0 Å². The molecule has 5 heteroatoms. The Balaban J connectivity index is 1.89. The van der Waals surface area contributed by atoms with Crippen molar-refractivity contribution in [2.45, 2.75) is 27.3 Å². The van der Waals surface area contributed by atoms with Gasteiger partial charge in [0.1, 0.15) is 0 Å². The van der Waals surface area contributed by atoms with Crippen LogP contribution in [0.1, 0.15) is 18.2 Å². The minimum atomic E-state index is 0.282. The molecule has 5 nitrogen and oxygen atoms in total. The molecule has 0 spiro atoms. The second-order valence-electron chi connectivity index (χ2n) is 5.49. The second kappa shape index (κ2) is 4.73. The van der Waals surface area contributed by atoms with Crippen molar-refractivity contribution in [1.29, 1.82) is 0 Å². The van der Waals surface area contributed by atoms with E-state index in [0.29, 0.717) is 0 Å². The lowest BCUT2D eigenvalue weighted by Gasteiger charge is -2.05. The summed E-state index contributed by atoms with van der Waals surface area (Å²) in [5, 5.41) is 5.74. The maximum Gasteiger partial charge on any atom is 0.231 e. The maximum atomic E-state index is 5.45. The van der Waals surface area contributed by atoms with Crippen molar-refractivity contribution in [2.24, 2.45) is 0 Å². The number of aromatic nitrogens is 3. The van der Waals surface area contributed by atoms with Crippen LogP contribution in [-0.2, 0) is 6.54 Å². The molecule has 1 aromatic carbocycles. The zero-order valence-electron chi connectivity index (χ0n) is 12.9. The summed E-state index contributed by atoms with van der Waals surface area (Å²) in [6.07, 6.45) is 0. The van der Waals surface area contributed by atoms with Crippen molar-refractivity contribution >= 4 is 11.0 Å². The highest BCUT2D eigenvalue weighted by atomic mass is 16.7. The minimum absolute atomic E-state index is 0.282. The molecule has 0 aliphatic carbocycles. The zero-order chi connectivity index (χ0) is 15.3. The third kappa shape index (κ3) is 1.85. The SMILES string of the molecule is CCn1nc2nc(-c3ccc4c(c3)OCO4)cc(C)c2c1C.